The molecule has 2 heterocycles. The molecule has 0 radical (unpaired) electrons. The first-order chi connectivity index (χ1) is 8.63. The number of nitrogens with one attached hydrogen (secondary N) is 2. The highest BCUT2D eigenvalue weighted by atomic mass is 79.9. The van der Waals surface area contributed by atoms with Crippen molar-refractivity contribution >= 4 is 39.1 Å². The highest BCUT2D eigenvalue weighted by molar-refractivity contribution is 9.10. The van der Waals surface area contributed by atoms with Crippen molar-refractivity contribution in [2.24, 2.45) is 5.92 Å². The summed E-state index contributed by atoms with van der Waals surface area (Å²) < 4.78 is 0.837. The summed E-state index contributed by atoms with van der Waals surface area (Å²) in [6.07, 6.45) is 3.28. The molecule has 1 aromatic carbocycles. The number of benzene rings is 1. The Bertz CT molecular complexity index is 494. The van der Waals surface area contributed by atoms with Crippen molar-refractivity contribution in [1.82, 2.24) is 5.32 Å². The van der Waals surface area contributed by atoms with Crippen molar-refractivity contribution in [2.75, 3.05) is 5.32 Å². The van der Waals surface area contributed by atoms with E-state index in [2.05, 4.69) is 26.6 Å². The van der Waals surface area contributed by atoms with E-state index in [9.17, 15) is 4.79 Å². The van der Waals surface area contributed by atoms with Crippen molar-refractivity contribution < 1.29 is 4.79 Å². The van der Waals surface area contributed by atoms with E-state index in [0.29, 0.717) is 17.1 Å². The van der Waals surface area contributed by atoms with Crippen LogP contribution in [0.2, 0.25) is 5.02 Å². The molecule has 0 aromatic heterocycles. The summed E-state index contributed by atoms with van der Waals surface area (Å²) in [6, 6.07) is 6.37. The molecule has 2 aliphatic heterocycles. The van der Waals surface area contributed by atoms with Gasteiger partial charge in [-0.25, -0.2) is 0 Å². The van der Waals surface area contributed by atoms with Gasteiger partial charge in [0.2, 0.25) is 5.91 Å². The van der Waals surface area contributed by atoms with Crippen LogP contribution in [0.4, 0.5) is 5.69 Å². The van der Waals surface area contributed by atoms with Crippen LogP contribution in [0.5, 0.6) is 0 Å². The average Bonchev–Trinajstić information content (AvgIpc) is 2.96. The average molecular weight is 330 g/mol. The van der Waals surface area contributed by atoms with Gasteiger partial charge in [-0.2, -0.15) is 0 Å². The zero-order valence-corrected chi connectivity index (χ0v) is 12.1. The molecule has 3 atom stereocenters. The number of hydrogen-bond donors (Lipinski definition) is 2. The molecule has 2 aliphatic rings. The first-order valence-corrected chi connectivity index (χ1v) is 7.32. The molecule has 0 aliphatic carbocycles. The molecule has 3 rings (SSSR count). The lowest BCUT2D eigenvalue weighted by Gasteiger charge is -2.19. The number of hydrogen-bond acceptors (Lipinski definition) is 2. The van der Waals surface area contributed by atoms with Crippen LogP contribution in [0.1, 0.15) is 19.3 Å². The Balaban J connectivity index is 1.69. The van der Waals surface area contributed by atoms with Crippen molar-refractivity contribution in [1.29, 1.82) is 0 Å². The monoisotopic (exact) mass is 328 g/mol. The highest BCUT2D eigenvalue weighted by Gasteiger charge is 2.42. The van der Waals surface area contributed by atoms with Crippen molar-refractivity contribution in [3.8, 4) is 0 Å². The number of fused-ring (bicyclic) bond motifs is 2. The quantitative estimate of drug-likeness (QED) is 0.875. The lowest BCUT2D eigenvalue weighted by atomic mass is 9.88. The second-order valence-electron chi connectivity index (χ2n) is 5.01. The van der Waals surface area contributed by atoms with E-state index in [4.69, 9.17) is 11.6 Å². The molecular formula is C13H14BrClN2O. The van der Waals surface area contributed by atoms with Gasteiger partial charge in [0.15, 0.2) is 0 Å². The molecule has 3 nitrogen and oxygen atoms in total. The van der Waals surface area contributed by atoms with Crippen LogP contribution in [-0.2, 0) is 4.79 Å². The van der Waals surface area contributed by atoms with Gasteiger partial charge in [-0.1, -0.05) is 11.6 Å². The molecule has 96 valence electrons. The molecule has 3 unspecified atom stereocenters. The number of anilines is 1. The normalized spacial score (nSPS) is 29.6. The number of halogens is 2. The maximum atomic E-state index is 12.2. The molecule has 0 spiro atoms. The first-order valence-electron chi connectivity index (χ1n) is 6.15. The summed E-state index contributed by atoms with van der Waals surface area (Å²) in [5.74, 6) is 0.208. The lowest BCUT2D eigenvalue weighted by molar-refractivity contribution is -0.120. The van der Waals surface area contributed by atoms with Crippen LogP contribution in [0, 0.1) is 5.92 Å². The zero-order chi connectivity index (χ0) is 12.7. The molecule has 1 amide bonds. The van der Waals surface area contributed by atoms with E-state index in [1.54, 1.807) is 6.07 Å². The first kappa shape index (κ1) is 12.5. The van der Waals surface area contributed by atoms with Gasteiger partial charge in [-0.3, -0.25) is 4.79 Å². The Morgan fingerprint density at radius 3 is 2.89 bits per heavy atom. The largest absolute Gasteiger partial charge is 0.326 e. The SMILES string of the molecule is O=C(Nc1ccc(Br)c(Cl)c1)C1CC2CCC1N2. The Kier molecular flexibility index (Phi) is 3.34. The van der Waals surface area contributed by atoms with Gasteiger partial charge in [0.05, 0.1) is 10.9 Å². The fourth-order valence-corrected chi connectivity index (χ4v) is 3.35. The summed E-state index contributed by atoms with van der Waals surface area (Å²) in [7, 11) is 0. The second kappa shape index (κ2) is 4.83. The standard InChI is InChI=1S/C13H14BrClN2O/c14-10-3-1-8(6-11(10)15)17-13(18)9-5-7-2-4-12(9)16-7/h1,3,6-7,9,12,16H,2,4-5H2,(H,17,18). The van der Waals surface area contributed by atoms with Crippen LogP contribution in [-0.4, -0.2) is 18.0 Å². The van der Waals surface area contributed by atoms with E-state index < -0.39 is 0 Å². The van der Waals surface area contributed by atoms with Gasteiger partial charge in [-0.15, -0.1) is 0 Å². The van der Waals surface area contributed by atoms with Crippen molar-refractivity contribution in [3.05, 3.63) is 27.7 Å². The van der Waals surface area contributed by atoms with Gasteiger partial charge in [-0.05, 0) is 53.4 Å². The van der Waals surface area contributed by atoms with Crippen LogP contribution in [0.3, 0.4) is 0 Å². The third-order valence-electron chi connectivity index (χ3n) is 3.82. The van der Waals surface area contributed by atoms with E-state index in [1.165, 1.54) is 6.42 Å². The third-order valence-corrected chi connectivity index (χ3v) is 5.06. The van der Waals surface area contributed by atoms with Gasteiger partial charge in [0.1, 0.15) is 0 Å². The van der Waals surface area contributed by atoms with E-state index >= 15 is 0 Å². The van der Waals surface area contributed by atoms with Crippen LogP contribution in [0.15, 0.2) is 22.7 Å². The van der Waals surface area contributed by atoms with Crippen LogP contribution < -0.4 is 10.6 Å². The minimum absolute atomic E-state index is 0.103. The zero-order valence-electron chi connectivity index (χ0n) is 9.75. The minimum atomic E-state index is 0.103. The number of carbonyl (C=O) groups is 1. The maximum absolute atomic E-state index is 12.2. The predicted octanol–water partition coefficient (Wildman–Crippen LogP) is 3.18. The number of amides is 1. The van der Waals surface area contributed by atoms with Gasteiger partial charge in [0, 0.05) is 22.2 Å². The summed E-state index contributed by atoms with van der Waals surface area (Å²) in [4.78, 5) is 12.2. The molecule has 2 saturated heterocycles. The topological polar surface area (TPSA) is 41.1 Å². The summed E-state index contributed by atoms with van der Waals surface area (Å²) in [5, 5.41) is 7.03. The number of rotatable bonds is 2. The van der Waals surface area contributed by atoms with Gasteiger partial charge < -0.3 is 10.6 Å². The molecule has 5 heteroatoms. The fraction of sp³-hybridized carbons (Fsp3) is 0.462. The van der Waals surface area contributed by atoms with Crippen molar-refractivity contribution in [2.45, 2.75) is 31.3 Å². The summed E-state index contributed by atoms with van der Waals surface area (Å²) in [6.45, 7) is 0. The van der Waals surface area contributed by atoms with Crippen molar-refractivity contribution in [3.63, 3.8) is 0 Å². The van der Waals surface area contributed by atoms with Gasteiger partial charge >= 0.3 is 0 Å². The molecular weight excluding hydrogens is 316 g/mol. The maximum Gasteiger partial charge on any atom is 0.229 e. The Morgan fingerprint density at radius 2 is 2.28 bits per heavy atom. The third kappa shape index (κ3) is 2.29. The molecule has 0 saturated carbocycles. The molecule has 1 aromatic rings. The Hall–Kier alpha value is -0.580. The van der Waals surface area contributed by atoms with Crippen LogP contribution >= 0.6 is 27.5 Å². The Morgan fingerprint density at radius 1 is 1.44 bits per heavy atom. The Labute approximate surface area is 119 Å². The van der Waals surface area contributed by atoms with E-state index in [1.807, 2.05) is 12.1 Å². The lowest BCUT2D eigenvalue weighted by Crippen LogP contribution is -2.32. The second-order valence-corrected chi connectivity index (χ2v) is 6.27. The number of carbonyl (C=O) groups excluding carboxylic acids is 1. The van der Waals surface area contributed by atoms with E-state index in [0.717, 1.165) is 23.0 Å². The summed E-state index contributed by atoms with van der Waals surface area (Å²) in [5.41, 5.74) is 0.760. The smallest absolute Gasteiger partial charge is 0.229 e. The van der Waals surface area contributed by atoms with E-state index in [-0.39, 0.29) is 11.8 Å². The summed E-state index contributed by atoms with van der Waals surface area (Å²) >= 11 is 9.34. The molecule has 18 heavy (non-hydrogen) atoms. The fourth-order valence-electron chi connectivity index (χ4n) is 2.92. The van der Waals surface area contributed by atoms with Gasteiger partial charge in [0.25, 0.3) is 0 Å². The molecule has 2 N–H and O–H groups in total. The predicted molar refractivity (Wildman–Crippen MR) is 75.8 cm³/mol. The van der Waals surface area contributed by atoms with Crippen LogP contribution in [0.25, 0.3) is 0 Å². The highest BCUT2D eigenvalue weighted by Crippen LogP contribution is 2.34. The molecule has 2 bridgehead atoms. The minimum Gasteiger partial charge on any atom is -0.326 e. The molecule has 2 fully saturated rings.